The molecule has 0 aliphatic heterocycles. The predicted octanol–water partition coefficient (Wildman–Crippen LogP) is 4.34. The van der Waals surface area contributed by atoms with Crippen LogP contribution in [0.25, 0.3) is 0 Å². The summed E-state index contributed by atoms with van der Waals surface area (Å²) in [6, 6.07) is 8.51. The molecule has 0 aromatic heterocycles. The van der Waals surface area contributed by atoms with E-state index in [1.54, 1.807) is 0 Å². The van der Waals surface area contributed by atoms with Gasteiger partial charge in [-0.15, -0.1) is 0 Å². The Balaban J connectivity index is 2.05. The first kappa shape index (κ1) is 16.3. The average molecular weight is 290 g/mol. The zero-order valence-electron chi connectivity index (χ0n) is 13.3. The van der Waals surface area contributed by atoms with E-state index in [1.807, 2.05) is 6.07 Å². The van der Waals surface area contributed by atoms with Gasteiger partial charge in [-0.1, -0.05) is 63.6 Å². The van der Waals surface area contributed by atoms with Crippen LogP contribution in [-0.2, 0) is 0 Å². The number of hydrogen-bond donors (Lipinski definition) is 2. The molecule has 0 amide bonds. The van der Waals surface area contributed by atoms with Gasteiger partial charge < -0.3 is 4.74 Å². The monoisotopic (exact) mass is 290 g/mol. The van der Waals surface area contributed by atoms with Gasteiger partial charge in [0.25, 0.3) is 0 Å². The first-order chi connectivity index (χ1) is 10.3. The first-order valence-corrected chi connectivity index (χ1v) is 8.53. The lowest BCUT2D eigenvalue weighted by Gasteiger charge is -2.24. The lowest BCUT2D eigenvalue weighted by Crippen LogP contribution is -2.30. The normalized spacial score (nSPS) is 18.2. The number of nitrogens with two attached hydrogens (primary N) is 1. The van der Waals surface area contributed by atoms with Gasteiger partial charge in [0, 0.05) is 11.6 Å². The van der Waals surface area contributed by atoms with Crippen LogP contribution in [0, 0.1) is 5.92 Å². The van der Waals surface area contributed by atoms with Gasteiger partial charge in [0.2, 0.25) is 0 Å². The van der Waals surface area contributed by atoms with Crippen molar-refractivity contribution in [3.8, 4) is 5.75 Å². The molecule has 21 heavy (non-hydrogen) atoms. The lowest BCUT2D eigenvalue weighted by molar-refractivity contribution is 0.301. The van der Waals surface area contributed by atoms with Crippen LogP contribution in [0.4, 0.5) is 0 Å². The summed E-state index contributed by atoms with van der Waals surface area (Å²) in [6.07, 6.45) is 10.4. The molecule has 1 aliphatic carbocycles. The number of rotatable bonds is 7. The molecule has 0 radical (unpaired) electrons. The molecule has 0 spiro atoms. The van der Waals surface area contributed by atoms with Crippen molar-refractivity contribution >= 4 is 0 Å². The molecule has 0 heterocycles. The fourth-order valence-corrected chi connectivity index (χ4v) is 3.33. The van der Waals surface area contributed by atoms with Gasteiger partial charge in [-0.05, 0) is 24.8 Å². The van der Waals surface area contributed by atoms with Crippen LogP contribution < -0.4 is 16.0 Å². The van der Waals surface area contributed by atoms with Crippen molar-refractivity contribution in [2.24, 2.45) is 11.8 Å². The van der Waals surface area contributed by atoms with Crippen molar-refractivity contribution in [2.75, 3.05) is 6.61 Å². The molecule has 0 saturated heterocycles. The minimum absolute atomic E-state index is 0.196. The Morgan fingerprint density at radius 2 is 1.90 bits per heavy atom. The Morgan fingerprint density at radius 1 is 1.19 bits per heavy atom. The quantitative estimate of drug-likeness (QED) is 0.446. The van der Waals surface area contributed by atoms with Crippen LogP contribution in [0.2, 0.25) is 0 Å². The summed E-state index contributed by atoms with van der Waals surface area (Å²) in [7, 11) is 0. The Bertz CT molecular complexity index is 400. The maximum Gasteiger partial charge on any atom is 0.124 e. The van der Waals surface area contributed by atoms with E-state index in [-0.39, 0.29) is 6.04 Å². The van der Waals surface area contributed by atoms with E-state index in [0.29, 0.717) is 0 Å². The summed E-state index contributed by atoms with van der Waals surface area (Å²) in [4.78, 5) is 0. The molecule has 1 unspecified atom stereocenters. The molecular weight excluding hydrogens is 260 g/mol. The largest absolute Gasteiger partial charge is 0.493 e. The lowest BCUT2D eigenvalue weighted by atomic mass is 9.89. The summed E-state index contributed by atoms with van der Waals surface area (Å²) < 4.78 is 5.89. The highest BCUT2D eigenvalue weighted by atomic mass is 16.5. The summed E-state index contributed by atoms with van der Waals surface area (Å²) >= 11 is 0. The van der Waals surface area contributed by atoms with E-state index < -0.39 is 0 Å². The van der Waals surface area contributed by atoms with Crippen LogP contribution in [0.3, 0.4) is 0 Å². The maximum atomic E-state index is 5.89. The van der Waals surface area contributed by atoms with E-state index in [4.69, 9.17) is 10.6 Å². The Kier molecular flexibility index (Phi) is 7.04. The predicted molar refractivity (Wildman–Crippen MR) is 88.1 cm³/mol. The molecule has 118 valence electrons. The smallest absolute Gasteiger partial charge is 0.124 e. The van der Waals surface area contributed by atoms with Crippen molar-refractivity contribution in [1.29, 1.82) is 0 Å². The maximum absolute atomic E-state index is 5.89. The Hall–Kier alpha value is -1.06. The zero-order valence-corrected chi connectivity index (χ0v) is 13.3. The second-order valence-corrected chi connectivity index (χ2v) is 6.20. The second kappa shape index (κ2) is 9.06. The number of ether oxygens (including phenoxy) is 1. The van der Waals surface area contributed by atoms with Crippen molar-refractivity contribution in [1.82, 2.24) is 5.43 Å². The minimum Gasteiger partial charge on any atom is -0.493 e. The second-order valence-electron chi connectivity index (χ2n) is 6.20. The molecular formula is C18H30N2O. The fraction of sp³-hybridized carbons (Fsp3) is 0.667. The molecule has 1 aliphatic rings. The van der Waals surface area contributed by atoms with Crippen LogP contribution in [0.5, 0.6) is 5.75 Å². The first-order valence-electron chi connectivity index (χ1n) is 8.53. The molecule has 3 N–H and O–H groups in total. The third-order valence-corrected chi connectivity index (χ3v) is 4.50. The highest BCUT2D eigenvalue weighted by Crippen LogP contribution is 2.34. The minimum atomic E-state index is 0.196. The van der Waals surface area contributed by atoms with Crippen molar-refractivity contribution in [3.63, 3.8) is 0 Å². The van der Waals surface area contributed by atoms with Crippen molar-refractivity contribution in [2.45, 2.75) is 64.3 Å². The molecule has 0 bridgehead atoms. The highest BCUT2D eigenvalue weighted by Gasteiger charge is 2.21. The summed E-state index contributed by atoms with van der Waals surface area (Å²) in [5, 5.41) is 0. The number of hydrogen-bond acceptors (Lipinski definition) is 3. The van der Waals surface area contributed by atoms with Gasteiger partial charge in [-0.3, -0.25) is 11.3 Å². The van der Waals surface area contributed by atoms with Gasteiger partial charge in [-0.2, -0.15) is 0 Å². The van der Waals surface area contributed by atoms with Crippen LogP contribution in [0.1, 0.15) is 69.9 Å². The fourth-order valence-electron chi connectivity index (χ4n) is 3.33. The topological polar surface area (TPSA) is 47.3 Å². The third kappa shape index (κ3) is 5.01. The van der Waals surface area contributed by atoms with Crippen LogP contribution in [-0.4, -0.2) is 6.61 Å². The standard InChI is InChI=1S/C18H30N2O/c1-2-13-21-18-12-8-7-11-16(18)17(20-19)14-15-9-5-3-4-6-10-15/h7-8,11-12,15,17,20H,2-6,9-10,13-14,19H2,1H3. The molecule has 1 atom stereocenters. The van der Waals surface area contributed by atoms with Crippen molar-refractivity contribution in [3.05, 3.63) is 29.8 Å². The van der Waals surface area contributed by atoms with E-state index in [9.17, 15) is 0 Å². The van der Waals surface area contributed by atoms with E-state index >= 15 is 0 Å². The molecule has 1 saturated carbocycles. The van der Waals surface area contributed by atoms with E-state index in [1.165, 1.54) is 44.1 Å². The van der Waals surface area contributed by atoms with Crippen LogP contribution >= 0.6 is 0 Å². The summed E-state index contributed by atoms with van der Waals surface area (Å²) in [5.41, 5.74) is 4.23. The molecule has 2 rings (SSSR count). The molecule has 1 aromatic rings. The number of para-hydroxylation sites is 1. The number of benzene rings is 1. The van der Waals surface area contributed by atoms with Gasteiger partial charge in [0.05, 0.1) is 6.61 Å². The molecule has 1 aromatic carbocycles. The Morgan fingerprint density at radius 3 is 2.57 bits per heavy atom. The SMILES string of the molecule is CCCOc1ccccc1C(CC1CCCCCC1)NN. The van der Waals surface area contributed by atoms with Crippen molar-refractivity contribution < 1.29 is 4.74 Å². The number of nitrogens with one attached hydrogen (secondary N) is 1. The van der Waals surface area contributed by atoms with E-state index in [0.717, 1.165) is 31.1 Å². The molecule has 1 fully saturated rings. The summed E-state index contributed by atoms with van der Waals surface area (Å²) in [5.74, 6) is 7.62. The van der Waals surface area contributed by atoms with Crippen LogP contribution in [0.15, 0.2) is 24.3 Å². The van der Waals surface area contributed by atoms with Gasteiger partial charge in [0.1, 0.15) is 5.75 Å². The summed E-state index contributed by atoms with van der Waals surface area (Å²) in [6.45, 7) is 2.89. The molecule has 3 nitrogen and oxygen atoms in total. The number of hydrazine groups is 1. The Labute approximate surface area is 129 Å². The molecule has 3 heteroatoms. The van der Waals surface area contributed by atoms with Gasteiger partial charge in [-0.25, -0.2) is 0 Å². The zero-order chi connectivity index (χ0) is 14.9. The third-order valence-electron chi connectivity index (χ3n) is 4.50. The van der Waals surface area contributed by atoms with Gasteiger partial charge >= 0.3 is 0 Å². The van der Waals surface area contributed by atoms with E-state index in [2.05, 4.69) is 30.5 Å². The highest BCUT2D eigenvalue weighted by molar-refractivity contribution is 5.36. The average Bonchev–Trinajstić information content (AvgIpc) is 2.79. The van der Waals surface area contributed by atoms with Gasteiger partial charge in [0.15, 0.2) is 0 Å².